The highest BCUT2D eigenvalue weighted by Crippen LogP contribution is 2.45. The normalized spacial score (nSPS) is 25.1. The number of carbonyl (C=O) groups excluding carboxylic acids is 1. The van der Waals surface area contributed by atoms with E-state index in [4.69, 9.17) is 0 Å². The second-order valence-corrected chi connectivity index (χ2v) is 5.66. The molecule has 0 spiro atoms. The lowest BCUT2D eigenvalue weighted by Gasteiger charge is -2.40. The smallest absolute Gasteiger partial charge is 0.223 e. The molecule has 1 N–H and O–H groups in total. The Morgan fingerprint density at radius 1 is 1.29 bits per heavy atom. The first kappa shape index (κ1) is 12.7. The molecule has 3 heterocycles. The molecule has 2 atom stereocenters. The van der Waals surface area contributed by atoms with Gasteiger partial charge in [0.1, 0.15) is 6.17 Å². The first-order valence-corrected chi connectivity index (χ1v) is 7.01. The highest BCUT2D eigenvalue weighted by molar-refractivity contribution is 5.87. The predicted octanol–water partition coefficient (Wildman–Crippen LogP) is 3.52. The number of hydrogen-bond donors (Lipinski definition) is 1. The van der Waals surface area contributed by atoms with E-state index in [-0.39, 0.29) is 29.4 Å². The van der Waals surface area contributed by atoms with Gasteiger partial charge in [0.05, 0.1) is 12.6 Å². The molecule has 1 fully saturated rings. The van der Waals surface area contributed by atoms with Gasteiger partial charge in [-0.2, -0.15) is 0 Å². The number of hydrogen-bond acceptors (Lipinski definition) is 1. The molecule has 4 rings (SSSR count). The van der Waals surface area contributed by atoms with Crippen molar-refractivity contribution in [2.75, 3.05) is 6.54 Å². The number of halogens is 3. The van der Waals surface area contributed by atoms with E-state index in [2.05, 4.69) is 4.98 Å². The lowest BCUT2D eigenvalue weighted by molar-refractivity contribution is -0.138. The van der Waals surface area contributed by atoms with E-state index in [0.717, 1.165) is 12.5 Å². The highest BCUT2D eigenvalue weighted by Gasteiger charge is 2.41. The van der Waals surface area contributed by atoms with Gasteiger partial charge in [0.15, 0.2) is 11.6 Å². The van der Waals surface area contributed by atoms with Crippen LogP contribution in [0.15, 0.2) is 12.1 Å². The van der Waals surface area contributed by atoms with Crippen LogP contribution < -0.4 is 0 Å². The monoisotopic (exact) mass is 294 g/mol. The van der Waals surface area contributed by atoms with Crippen LogP contribution in [0.3, 0.4) is 0 Å². The molecule has 1 aromatic heterocycles. The lowest BCUT2D eigenvalue weighted by Crippen LogP contribution is -2.43. The van der Waals surface area contributed by atoms with Gasteiger partial charge in [-0.15, -0.1) is 0 Å². The van der Waals surface area contributed by atoms with E-state index in [1.807, 2.05) is 0 Å². The van der Waals surface area contributed by atoms with Crippen molar-refractivity contribution in [2.24, 2.45) is 0 Å². The molecule has 3 nitrogen and oxygen atoms in total. The maximum Gasteiger partial charge on any atom is 0.223 e. The minimum atomic E-state index is -1.50. The molecule has 2 aliphatic rings. The van der Waals surface area contributed by atoms with Gasteiger partial charge < -0.3 is 9.88 Å². The number of aromatic amines is 1. The van der Waals surface area contributed by atoms with Gasteiger partial charge >= 0.3 is 0 Å². The maximum absolute atomic E-state index is 14.5. The van der Waals surface area contributed by atoms with Crippen LogP contribution in [0.4, 0.5) is 13.2 Å². The summed E-state index contributed by atoms with van der Waals surface area (Å²) in [5.41, 5.74) is 1.07. The van der Waals surface area contributed by atoms with E-state index < -0.39 is 17.8 Å². The average molecular weight is 294 g/mol. The molecule has 2 aromatic rings. The van der Waals surface area contributed by atoms with E-state index in [0.29, 0.717) is 24.1 Å². The van der Waals surface area contributed by atoms with E-state index in [1.54, 1.807) is 0 Å². The van der Waals surface area contributed by atoms with Crippen LogP contribution in [0.2, 0.25) is 0 Å². The molecule has 0 bridgehead atoms. The summed E-state index contributed by atoms with van der Waals surface area (Å²) in [6, 6.07) is 2.17. The fourth-order valence-electron chi connectivity index (χ4n) is 3.57. The topological polar surface area (TPSA) is 36.1 Å². The zero-order valence-corrected chi connectivity index (χ0v) is 11.1. The second kappa shape index (κ2) is 4.26. The molecule has 6 heteroatoms. The summed E-state index contributed by atoms with van der Waals surface area (Å²) >= 11 is 0. The van der Waals surface area contributed by atoms with Gasteiger partial charge in [0, 0.05) is 28.6 Å². The van der Waals surface area contributed by atoms with Crippen LogP contribution in [0.1, 0.15) is 42.7 Å². The number of H-pyrrole nitrogens is 1. The Morgan fingerprint density at radius 3 is 2.90 bits per heavy atom. The summed E-state index contributed by atoms with van der Waals surface area (Å²) in [6.45, 7) is -0.0839. The zero-order valence-electron chi connectivity index (χ0n) is 11.1. The molecule has 1 aromatic carbocycles. The van der Waals surface area contributed by atoms with Crippen molar-refractivity contribution in [1.29, 1.82) is 0 Å². The van der Waals surface area contributed by atoms with Crippen molar-refractivity contribution in [3.05, 3.63) is 35.0 Å². The largest absolute Gasteiger partial charge is 0.356 e. The Labute approximate surface area is 118 Å². The van der Waals surface area contributed by atoms with Crippen LogP contribution in [-0.2, 0) is 4.79 Å². The molecular formula is C15H13F3N2O. The Kier molecular flexibility index (Phi) is 2.58. The number of piperidine rings is 1. The Hall–Kier alpha value is -1.98. The van der Waals surface area contributed by atoms with Gasteiger partial charge in [-0.25, -0.2) is 13.2 Å². The van der Waals surface area contributed by atoms with Crippen molar-refractivity contribution in [3.8, 4) is 0 Å². The summed E-state index contributed by atoms with van der Waals surface area (Å²) in [6.07, 6.45) is 0.357. The molecular weight excluding hydrogens is 281 g/mol. The lowest BCUT2D eigenvalue weighted by atomic mass is 9.89. The molecule has 1 saturated heterocycles. The summed E-state index contributed by atoms with van der Waals surface area (Å²) in [5, 5.41) is -0.0184. The van der Waals surface area contributed by atoms with Gasteiger partial charge in [-0.1, -0.05) is 0 Å². The molecule has 1 amide bonds. The predicted molar refractivity (Wildman–Crippen MR) is 70.4 cm³/mol. The van der Waals surface area contributed by atoms with Crippen molar-refractivity contribution in [2.45, 2.75) is 31.5 Å². The van der Waals surface area contributed by atoms with Crippen molar-refractivity contribution < 1.29 is 18.0 Å². The number of benzene rings is 1. The third-order valence-corrected chi connectivity index (χ3v) is 4.49. The van der Waals surface area contributed by atoms with E-state index >= 15 is 0 Å². The molecule has 0 radical (unpaired) electrons. The van der Waals surface area contributed by atoms with E-state index in [9.17, 15) is 18.0 Å². The quantitative estimate of drug-likeness (QED) is 0.793. The summed E-state index contributed by atoms with van der Waals surface area (Å²) in [7, 11) is 0. The molecule has 0 unspecified atom stereocenters. The van der Waals surface area contributed by atoms with Gasteiger partial charge in [0.25, 0.3) is 0 Å². The zero-order chi connectivity index (χ0) is 14.7. The number of alkyl halides is 1. The number of nitrogens with one attached hydrogen (secondary N) is 1. The van der Waals surface area contributed by atoms with Crippen molar-refractivity contribution in [1.82, 2.24) is 9.88 Å². The second-order valence-electron chi connectivity index (χ2n) is 5.66. The first-order chi connectivity index (χ1) is 10.1. The number of carbonyl (C=O) groups is 1. The highest BCUT2D eigenvalue weighted by atomic mass is 19.2. The average Bonchev–Trinajstić information content (AvgIpc) is 2.85. The van der Waals surface area contributed by atoms with Crippen molar-refractivity contribution in [3.63, 3.8) is 0 Å². The Balaban J connectivity index is 1.98. The van der Waals surface area contributed by atoms with Crippen LogP contribution in [0, 0.1) is 11.6 Å². The van der Waals surface area contributed by atoms with Gasteiger partial charge in [-0.3, -0.25) is 4.79 Å². The summed E-state index contributed by atoms with van der Waals surface area (Å²) < 4.78 is 42.0. The fraction of sp³-hybridized carbons (Fsp3) is 0.400. The minimum absolute atomic E-state index is 0.0184. The Morgan fingerprint density at radius 2 is 2.10 bits per heavy atom. The molecule has 2 aliphatic heterocycles. The van der Waals surface area contributed by atoms with Crippen LogP contribution in [0.5, 0.6) is 0 Å². The van der Waals surface area contributed by atoms with Crippen LogP contribution in [0.25, 0.3) is 10.9 Å². The molecule has 110 valence electrons. The van der Waals surface area contributed by atoms with Crippen LogP contribution in [-0.4, -0.2) is 22.3 Å². The number of fused-ring (bicyclic) bond motifs is 5. The standard InChI is InChI=1S/C15H13F3N2O/c16-7-4-5-9-13(14(7)18)12-8(17)6-20-10(15(12)19-9)2-1-3-11(20)21/h4-5,8,10,19H,1-3,6H2/t8-,10-/m1/s1. The molecule has 21 heavy (non-hydrogen) atoms. The van der Waals surface area contributed by atoms with Gasteiger partial charge in [-0.05, 0) is 25.0 Å². The molecule has 0 aliphatic carbocycles. The third kappa shape index (κ3) is 1.65. The first-order valence-electron chi connectivity index (χ1n) is 7.01. The summed E-state index contributed by atoms with van der Waals surface area (Å²) in [4.78, 5) is 16.4. The SMILES string of the molecule is O=C1CCC[C@@H]2c3[nH]c4ccc(F)c(F)c4c3[C@H](F)CN12. The third-order valence-electron chi connectivity index (χ3n) is 4.49. The maximum atomic E-state index is 14.5. The van der Waals surface area contributed by atoms with Crippen molar-refractivity contribution >= 4 is 16.8 Å². The number of nitrogens with zero attached hydrogens (tertiary/aromatic N) is 1. The van der Waals surface area contributed by atoms with Crippen LogP contribution >= 0.6 is 0 Å². The summed E-state index contributed by atoms with van der Waals surface area (Å²) in [5.74, 6) is -2.09. The number of aromatic nitrogens is 1. The fourth-order valence-corrected chi connectivity index (χ4v) is 3.57. The molecule has 0 saturated carbocycles. The van der Waals surface area contributed by atoms with Gasteiger partial charge in [0.2, 0.25) is 5.91 Å². The van der Waals surface area contributed by atoms with E-state index in [1.165, 1.54) is 11.0 Å². The number of rotatable bonds is 0. The Bertz CT molecular complexity index is 755. The minimum Gasteiger partial charge on any atom is -0.356 e. The number of amides is 1.